The van der Waals surface area contributed by atoms with Gasteiger partial charge in [-0.2, -0.15) is 4.31 Å². The summed E-state index contributed by atoms with van der Waals surface area (Å²) < 4.78 is 27.3. The molecule has 26 heavy (non-hydrogen) atoms. The first-order valence-electron chi connectivity index (χ1n) is 8.36. The molecule has 136 valence electrons. The Morgan fingerprint density at radius 1 is 1.12 bits per heavy atom. The van der Waals surface area contributed by atoms with Gasteiger partial charge >= 0.3 is 0 Å². The molecule has 2 aliphatic heterocycles. The summed E-state index contributed by atoms with van der Waals surface area (Å²) >= 11 is 7.22. The van der Waals surface area contributed by atoms with Gasteiger partial charge in [0.2, 0.25) is 0 Å². The molecule has 0 saturated carbocycles. The van der Waals surface area contributed by atoms with Crippen LogP contribution in [0.4, 0.5) is 0 Å². The number of hydrogen-bond acceptors (Lipinski definition) is 5. The largest absolute Gasteiger partial charge is 0.258 e. The third kappa shape index (κ3) is 3.13. The Labute approximate surface area is 162 Å². The molecule has 8 heteroatoms. The third-order valence-corrected chi connectivity index (χ3v) is 8.29. The lowest BCUT2D eigenvalue weighted by atomic mass is 10.00. The van der Waals surface area contributed by atoms with Gasteiger partial charge in [0.25, 0.3) is 10.0 Å². The fourth-order valence-corrected chi connectivity index (χ4v) is 6.12. The lowest BCUT2D eigenvalue weighted by Gasteiger charge is -2.34. The molecule has 0 unspecified atom stereocenters. The van der Waals surface area contributed by atoms with Crippen LogP contribution in [-0.2, 0) is 10.0 Å². The molecule has 1 aromatic carbocycles. The number of nitrogens with zero attached hydrogens (tertiary/aromatic N) is 3. The predicted octanol–water partition coefficient (Wildman–Crippen LogP) is 3.85. The molecule has 0 bridgehead atoms. The maximum atomic E-state index is 12.7. The van der Waals surface area contributed by atoms with Crippen LogP contribution in [0, 0.1) is 0 Å². The van der Waals surface area contributed by atoms with Crippen molar-refractivity contribution in [3.63, 3.8) is 0 Å². The predicted molar refractivity (Wildman–Crippen MR) is 106 cm³/mol. The van der Waals surface area contributed by atoms with Crippen molar-refractivity contribution in [1.29, 1.82) is 0 Å². The van der Waals surface area contributed by atoms with Gasteiger partial charge in [0.1, 0.15) is 4.21 Å². The zero-order valence-electron chi connectivity index (χ0n) is 14.2. The molecule has 3 heterocycles. The summed E-state index contributed by atoms with van der Waals surface area (Å²) in [6.45, 7) is 2.81. The van der Waals surface area contributed by atoms with Crippen LogP contribution in [-0.4, -0.2) is 42.9 Å². The highest BCUT2D eigenvalue weighted by Crippen LogP contribution is 2.35. The molecule has 0 radical (unpaired) electrons. The van der Waals surface area contributed by atoms with E-state index in [1.165, 1.54) is 11.3 Å². The smallest absolute Gasteiger partial charge is 0.252 e. The van der Waals surface area contributed by atoms with E-state index >= 15 is 0 Å². The lowest BCUT2D eigenvalue weighted by Crippen LogP contribution is -2.44. The van der Waals surface area contributed by atoms with Crippen LogP contribution in [0.1, 0.15) is 25.3 Å². The number of piperidine rings is 1. The van der Waals surface area contributed by atoms with Crippen molar-refractivity contribution in [3.8, 4) is 0 Å². The van der Waals surface area contributed by atoms with Crippen molar-refractivity contribution in [1.82, 2.24) is 4.31 Å². The molecule has 5 nitrogen and oxygen atoms in total. The molecular weight excluding hydrogens is 390 g/mol. The minimum Gasteiger partial charge on any atom is -0.258 e. The maximum Gasteiger partial charge on any atom is 0.252 e. The summed E-state index contributed by atoms with van der Waals surface area (Å²) in [5, 5.41) is 2.47. The van der Waals surface area contributed by atoms with Crippen LogP contribution in [0.3, 0.4) is 0 Å². The van der Waals surface area contributed by atoms with Gasteiger partial charge in [-0.25, -0.2) is 8.42 Å². The van der Waals surface area contributed by atoms with Crippen LogP contribution in [0.15, 0.2) is 56.0 Å². The first-order valence-corrected chi connectivity index (χ1v) is 11.1. The van der Waals surface area contributed by atoms with Gasteiger partial charge in [-0.15, -0.1) is 11.3 Å². The van der Waals surface area contributed by atoms with E-state index in [0.29, 0.717) is 35.2 Å². The van der Waals surface area contributed by atoms with Gasteiger partial charge in [0, 0.05) is 36.5 Å². The molecule has 0 N–H and O–H groups in total. The van der Waals surface area contributed by atoms with E-state index in [1.807, 2.05) is 31.2 Å². The minimum absolute atomic E-state index is 0.393. The van der Waals surface area contributed by atoms with E-state index in [-0.39, 0.29) is 0 Å². The fraction of sp³-hybridized carbons (Fsp3) is 0.333. The average molecular weight is 408 g/mol. The van der Waals surface area contributed by atoms with E-state index in [1.54, 1.807) is 21.8 Å². The standard InChI is InChI=1S/C18H18ClN3O2S2/c1-13-17(14-4-6-15(19)7-5-14)21-18(20-13)8-10-22(11-9-18)26(23,24)16-3-2-12-25-16/h2-7,12H,8-11H2,1H3. The second kappa shape index (κ2) is 6.56. The van der Waals surface area contributed by atoms with E-state index in [2.05, 4.69) is 0 Å². The van der Waals surface area contributed by atoms with Gasteiger partial charge in [0.05, 0.1) is 11.4 Å². The van der Waals surface area contributed by atoms with Crippen molar-refractivity contribution in [2.75, 3.05) is 13.1 Å². The second-order valence-corrected chi connectivity index (χ2v) is 10.0. The van der Waals surface area contributed by atoms with Crippen molar-refractivity contribution in [2.45, 2.75) is 29.6 Å². The molecular formula is C18H18ClN3O2S2. The average Bonchev–Trinajstić information content (AvgIpc) is 3.25. The molecule has 1 saturated heterocycles. The fourth-order valence-electron chi connectivity index (χ4n) is 3.41. The van der Waals surface area contributed by atoms with Crippen LogP contribution in [0.5, 0.6) is 0 Å². The molecule has 0 aliphatic carbocycles. The monoisotopic (exact) mass is 407 g/mol. The topological polar surface area (TPSA) is 62.1 Å². The van der Waals surface area contributed by atoms with Gasteiger partial charge in [-0.05, 0) is 30.5 Å². The molecule has 2 aliphatic rings. The number of hydrogen-bond donors (Lipinski definition) is 0. The Balaban J connectivity index is 1.55. The highest BCUT2D eigenvalue weighted by molar-refractivity contribution is 7.91. The Hall–Kier alpha value is -1.54. The Bertz CT molecular complexity index is 972. The zero-order chi connectivity index (χ0) is 18.4. The lowest BCUT2D eigenvalue weighted by molar-refractivity contribution is 0.249. The van der Waals surface area contributed by atoms with Crippen LogP contribution >= 0.6 is 22.9 Å². The summed E-state index contributed by atoms with van der Waals surface area (Å²) in [6.07, 6.45) is 1.18. The van der Waals surface area contributed by atoms with Gasteiger partial charge in [-0.3, -0.25) is 9.98 Å². The molecule has 2 aromatic rings. The Morgan fingerprint density at radius 2 is 1.81 bits per heavy atom. The molecule has 1 fully saturated rings. The van der Waals surface area contributed by atoms with E-state index in [9.17, 15) is 8.42 Å². The van der Waals surface area contributed by atoms with E-state index < -0.39 is 15.7 Å². The Morgan fingerprint density at radius 3 is 2.42 bits per heavy atom. The number of sulfonamides is 1. The summed E-state index contributed by atoms with van der Waals surface area (Å²) in [4.78, 5) is 9.69. The van der Waals surface area contributed by atoms with Crippen molar-refractivity contribution in [3.05, 3.63) is 52.4 Å². The van der Waals surface area contributed by atoms with Crippen molar-refractivity contribution >= 4 is 44.4 Å². The van der Waals surface area contributed by atoms with Gasteiger partial charge in [-0.1, -0.05) is 29.8 Å². The first-order chi connectivity index (χ1) is 12.4. The normalized spacial score (nSPS) is 20.2. The third-order valence-electron chi connectivity index (χ3n) is 4.77. The Kier molecular flexibility index (Phi) is 4.51. The van der Waals surface area contributed by atoms with Gasteiger partial charge in [0.15, 0.2) is 5.66 Å². The summed E-state index contributed by atoms with van der Waals surface area (Å²) in [7, 11) is -3.41. The summed E-state index contributed by atoms with van der Waals surface area (Å²) in [5.74, 6) is 0. The maximum absolute atomic E-state index is 12.7. The molecule has 0 amide bonds. The molecule has 0 atom stereocenters. The number of thiophene rings is 1. The summed E-state index contributed by atoms with van der Waals surface area (Å²) in [6, 6.07) is 11.0. The number of benzene rings is 1. The number of rotatable bonds is 3. The van der Waals surface area contributed by atoms with Crippen LogP contribution in [0.25, 0.3) is 0 Å². The van der Waals surface area contributed by atoms with Crippen LogP contribution < -0.4 is 0 Å². The first kappa shape index (κ1) is 17.9. The molecule has 1 spiro atoms. The molecule has 4 rings (SSSR count). The zero-order valence-corrected chi connectivity index (χ0v) is 16.6. The second-order valence-electron chi connectivity index (χ2n) is 6.48. The van der Waals surface area contributed by atoms with E-state index in [4.69, 9.17) is 21.6 Å². The number of aliphatic imine (C=N–C) groups is 2. The van der Waals surface area contributed by atoms with E-state index in [0.717, 1.165) is 17.0 Å². The quantitative estimate of drug-likeness (QED) is 0.775. The van der Waals surface area contributed by atoms with Crippen molar-refractivity contribution < 1.29 is 8.42 Å². The number of halogens is 1. The highest BCUT2D eigenvalue weighted by atomic mass is 35.5. The van der Waals surface area contributed by atoms with Crippen LogP contribution in [0.2, 0.25) is 5.02 Å². The highest BCUT2D eigenvalue weighted by Gasteiger charge is 2.41. The minimum atomic E-state index is -3.41. The molecule has 1 aromatic heterocycles. The summed E-state index contributed by atoms with van der Waals surface area (Å²) in [5.41, 5.74) is 2.21. The van der Waals surface area contributed by atoms with Gasteiger partial charge < -0.3 is 0 Å². The SMILES string of the molecule is CC1=NC2(CCN(S(=O)(=O)c3cccs3)CC2)N=C1c1ccc(Cl)cc1. The van der Waals surface area contributed by atoms with Crippen molar-refractivity contribution in [2.24, 2.45) is 9.98 Å².